The van der Waals surface area contributed by atoms with Crippen LogP contribution in [0.1, 0.15) is 54.0 Å². The lowest BCUT2D eigenvalue weighted by molar-refractivity contribution is 0.0523. The maximum Gasteiger partial charge on any atom is 0.341 e. The van der Waals surface area contributed by atoms with E-state index < -0.39 is 0 Å². The van der Waals surface area contributed by atoms with E-state index >= 15 is 0 Å². The first kappa shape index (κ1) is 17.1. The van der Waals surface area contributed by atoms with Crippen molar-refractivity contribution in [2.45, 2.75) is 40.2 Å². The van der Waals surface area contributed by atoms with Crippen LogP contribution in [0.25, 0.3) is 0 Å². The van der Waals surface area contributed by atoms with Gasteiger partial charge in [-0.15, -0.1) is 0 Å². The second-order valence-electron chi connectivity index (χ2n) is 5.73. The standard InChI is InChI=1S/C18H24N2O3/c1-6-23-18(21)16-13(4)20(19-17(16)12(2)3)11-14-7-9-15(22-5)10-8-14/h7-10,12H,6,11H2,1-5H3. The molecule has 0 saturated carbocycles. The van der Waals surface area contributed by atoms with Gasteiger partial charge in [0.15, 0.2) is 0 Å². The van der Waals surface area contributed by atoms with E-state index in [2.05, 4.69) is 5.10 Å². The molecule has 23 heavy (non-hydrogen) atoms. The van der Waals surface area contributed by atoms with Gasteiger partial charge >= 0.3 is 5.97 Å². The average Bonchev–Trinajstić information content (AvgIpc) is 2.85. The quantitative estimate of drug-likeness (QED) is 0.765. The second kappa shape index (κ2) is 7.31. The van der Waals surface area contributed by atoms with Gasteiger partial charge in [0.1, 0.15) is 11.3 Å². The fourth-order valence-corrected chi connectivity index (χ4v) is 2.49. The van der Waals surface area contributed by atoms with E-state index in [0.29, 0.717) is 18.7 Å². The Morgan fingerprint density at radius 2 is 1.91 bits per heavy atom. The maximum atomic E-state index is 12.2. The highest BCUT2D eigenvalue weighted by molar-refractivity contribution is 5.92. The van der Waals surface area contributed by atoms with E-state index in [1.165, 1.54) is 0 Å². The summed E-state index contributed by atoms with van der Waals surface area (Å²) >= 11 is 0. The molecule has 5 nitrogen and oxygen atoms in total. The van der Waals surface area contributed by atoms with Crippen LogP contribution in [0.5, 0.6) is 5.75 Å². The summed E-state index contributed by atoms with van der Waals surface area (Å²) in [5.74, 6) is 0.681. The monoisotopic (exact) mass is 316 g/mol. The van der Waals surface area contributed by atoms with Crippen molar-refractivity contribution in [3.63, 3.8) is 0 Å². The Morgan fingerprint density at radius 1 is 1.26 bits per heavy atom. The summed E-state index contributed by atoms with van der Waals surface area (Å²) in [6.07, 6.45) is 0. The number of carbonyl (C=O) groups excluding carboxylic acids is 1. The lowest BCUT2D eigenvalue weighted by Crippen LogP contribution is -2.09. The van der Waals surface area contributed by atoms with E-state index in [4.69, 9.17) is 9.47 Å². The third kappa shape index (κ3) is 3.73. The highest BCUT2D eigenvalue weighted by atomic mass is 16.5. The first-order chi connectivity index (χ1) is 11.0. The minimum Gasteiger partial charge on any atom is -0.497 e. The third-order valence-corrected chi connectivity index (χ3v) is 3.75. The predicted octanol–water partition coefficient (Wildman–Crippen LogP) is 3.55. The van der Waals surface area contributed by atoms with Crippen molar-refractivity contribution in [2.75, 3.05) is 13.7 Å². The van der Waals surface area contributed by atoms with Gasteiger partial charge in [-0.1, -0.05) is 26.0 Å². The van der Waals surface area contributed by atoms with Gasteiger partial charge in [-0.05, 0) is 37.5 Å². The number of benzene rings is 1. The maximum absolute atomic E-state index is 12.2. The van der Waals surface area contributed by atoms with Crippen molar-refractivity contribution in [1.29, 1.82) is 0 Å². The van der Waals surface area contributed by atoms with Crippen LogP contribution in [0.4, 0.5) is 0 Å². The third-order valence-electron chi connectivity index (χ3n) is 3.75. The van der Waals surface area contributed by atoms with Crippen LogP contribution in [0.3, 0.4) is 0 Å². The summed E-state index contributed by atoms with van der Waals surface area (Å²) in [4.78, 5) is 12.2. The summed E-state index contributed by atoms with van der Waals surface area (Å²) in [6.45, 7) is 8.75. The van der Waals surface area contributed by atoms with Gasteiger partial charge in [-0.2, -0.15) is 5.10 Å². The highest BCUT2D eigenvalue weighted by Crippen LogP contribution is 2.23. The predicted molar refractivity (Wildman–Crippen MR) is 89.1 cm³/mol. The minimum absolute atomic E-state index is 0.158. The fraction of sp³-hybridized carbons (Fsp3) is 0.444. The van der Waals surface area contributed by atoms with Crippen molar-refractivity contribution in [2.24, 2.45) is 0 Å². The van der Waals surface area contributed by atoms with E-state index in [-0.39, 0.29) is 11.9 Å². The van der Waals surface area contributed by atoms with Gasteiger partial charge in [0, 0.05) is 0 Å². The summed E-state index contributed by atoms with van der Waals surface area (Å²) < 4.78 is 12.2. The van der Waals surface area contributed by atoms with E-state index in [1.807, 2.05) is 56.6 Å². The number of carbonyl (C=O) groups is 1. The smallest absolute Gasteiger partial charge is 0.341 e. The molecule has 1 aromatic carbocycles. The molecule has 0 aliphatic carbocycles. The van der Waals surface area contributed by atoms with Crippen LogP contribution in [0, 0.1) is 6.92 Å². The van der Waals surface area contributed by atoms with Crippen LogP contribution in [-0.4, -0.2) is 29.5 Å². The van der Waals surface area contributed by atoms with Gasteiger partial charge in [0.2, 0.25) is 0 Å². The molecule has 0 aliphatic heterocycles. The molecule has 0 atom stereocenters. The first-order valence-electron chi connectivity index (χ1n) is 7.85. The van der Waals surface area contributed by atoms with Crippen molar-refractivity contribution in [3.8, 4) is 5.75 Å². The minimum atomic E-state index is -0.297. The molecule has 0 spiro atoms. The number of rotatable bonds is 6. The SMILES string of the molecule is CCOC(=O)c1c(C(C)C)nn(Cc2ccc(OC)cc2)c1C. The van der Waals surface area contributed by atoms with Crippen LogP contribution in [-0.2, 0) is 11.3 Å². The van der Waals surface area contributed by atoms with Gasteiger partial charge in [0.05, 0.1) is 31.6 Å². The number of nitrogens with zero attached hydrogens (tertiary/aromatic N) is 2. The summed E-state index contributed by atoms with van der Waals surface area (Å²) in [5.41, 5.74) is 3.31. The van der Waals surface area contributed by atoms with Crippen LogP contribution in [0.15, 0.2) is 24.3 Å². The molecule has 5 heteroatoms. The molecule has 0 bridgehead atoms. The molecule has 0 aliphatic rings. The zero-order valence-corrected chi connectivity index (χ0v) is 14.4. The van der Waals surface area contributed by atoms with Gasteiger partial charge in [0.25, 0.3) is 0 Å². The molecule has 0 amide bonds. The van der Waals surface area contributed by atoms with E-state index in [1.54, 1.807) is 7.11 Å². The summed E-state index contributed by atoms with van der Waals surface area (Å²) in [6, 6.07) is 7.84. The first-order valence-corrected chi connectivity index (χ1v) is 7.85. The van der Waals surface area contributed by atoms with Crippen molar-refractivity contribution in [3.05, 3.63) is 46.8 Å². The Bertz CT molecular complexity index is 672. The Kier molecular flexibility index (Phi) is 5.42. The Labute approximate surface area is 137 Å². The molecular weight excluding hydrogens is 292 g/mol. The number of esters is 1. The van der Waals surface area contributed by atoms with Crippen molar-refractivity contribution >= 4 is 5.97 Å². The van der Waals surface area contributed by atoms with Crippen LogP contribution >= 0.6 is 0 Å². The summed E-state index contributed by atoms with van der Waals surface area (Å²) in [7, 11) is 1.65. The van der Waals surface area contributed by atoms with Crippen LogP contribution in [0.2, 0.25) is 0 Å². The molecule has 2 rings (SSSR count). The zero-order valence-electron chi connectivity index (χ0n) is 14.4. The summed E-state index contributed by atoms with van der Waals surface area (Å²) in [5, 5.41) is 4.64. The number of methoxy groups -OCH3 is 1. The average molecular weight is 316 g/mol. The van der Waals surface area contributed by atoms with E-state index in [9.17, 15) is 4.79 Å². The molecule has 0 unspecified atom stereocenters. The normalized spacial score (nSPS) is 10.9. The number of hydrogen-bond donors (Lipinski definition) is 0. The molecule has 0 N–H and O–H groups in total. The largest absolute Gasteiger partial charge is 0.497 e. The molecule has 0 radical (unpaired) electrons. The molecule has 1 aromatic heterocycles. The topological polar surface area (TPSA) is 53.3 Å². The van der Waals surface area contributed by atoms with Gasteiger partial charge < -0.3 is 9.47 Å². The molecule has 0 saturated heterocycles. The molecule has 1 heterocycles. The molecule has 124 valence electrons. The molecular formula is C18H24N2O3. The van der Waals surface area contributed by atoms with Crippen LogP contribution < -0.4 is 4.74 Å². The number of hydrogen-bond acceptors (Lipinski definition) is 4. The highest BCUT2D eigenvalue weighted by Gasteiger charge is 2.24. The number of ether oxygens (including phenoxy) is 2. The Hall–Kier alpha value is -2.30. The Balaban J connectivity index is 2.34. The second-order valence-corrected chi connectivity index (χ2v) is 5.73. The molecule has 2 aromatic rings. The molecule has 0 fully saturated rings. The van der Waals surface area contributed by atoms with Gasteiger partial charge in [-0.3, -0.25) is 4.68 Å². The lowest BCUT2D eigenvalue weighted by atomic mass is 10.0. The lowest BCUT2D eigenvalue weighted by Gasteiger charge is -2.07. The fourth-order valence-electron chi connectivity index (χ4n) is 2.49. The zero-order chi connectivity index (χ0) is 17.0. The van der Waals surface area contributed by atoms with Gasteiger partial charge in [-0.25, -0.2) is 4.79 Å². The Morgan fingerprint density at radius 3 is 2.43 bits per heavy atom. The van der Waals surface area contributed by atoms with Crippen molar-refractivity contribution < 1.29 is 14.3 Å². The van der Waals surface area contributed by atoms with E-state index in [0.717, 1.165) is 22.7 Å². The van der Waals surface area contributed by atoms with Crippen molar-refractivity contribution in [1.82, 2.24) is 9.78 Å². The number of aromatic nitrogens is 2.